The van der Waals surface area contributed by atoms with Gasteiger partial charge in [0.2, 0.25) is 0 Å². The van der Waals surface area contributed by atoms with E-state index in [9.17, 15) is 0 Å². The fraction of sp³-hybridized carbons (Fsp3) is 0.200. The van der Waals surface area contributed by atoms with E-state index in [-0.39, 0.29) is 0 Å². The Morgan fingerprint density at radius 3 is 0.700 bits per heavy atom. The summed E-state index contributed by atoms with van der Waals surface area (Å²) < 4.78 is 0. The molecular formula is C30H22. The highest BCUT2D eigenvalue weighted by atomic mass is 14.6. The molecule has 6 bridgehead atoms. The van der Waals surface area contributed by atoms with Gasteiger partial charge in [0.05, 0.1) is 0 Å². The lowest BCUT2D eigenvalue weighted by molar-refractivity contribution is 0.230. The molecule has 5 aliphatic rings. The molecular weight excluding hydrogens is 360 g/mol. The van der Waals surface area contributed by atoms with Crippen LogP contribution in [0.4, 0.5) is 0 Å². The van der Waals surface area contributed by atoms with Gasteiger partial charge in [0.1, 0.15) is 0 Å². The van der Waals surface area contributed by atoms with Crippen molar-refractivity contribution < 1.29 is 0 Å². The Balaban J connectivity index is 1.62. The predicted octanol–water partition coefficient (Wildman–Crippen LogP) is 7.04. The van der Waals surface area contributed by atoms with Crippen LogP contribution in [-0.2, 0) is 0 Å². The van der Waals surface area contributed by atoms with Gasteiger partial charge < -0.3 is 0 Å². The summed E-state index contributed by atoms with van der Waals surface area (Å²) in [5.74, 6) is 3.06. The van der Waals surface area contributed by atoms with Crippen LogP contribution in [0.15, 0.2) is 97.1 Å². The first-order valence-electron chi connectivity index (χ1n) is 11.3. The number of hydrogen-bond acceptors (Lipinski definition) is 0. The molecule has 0 aliphatic heterocycles. The summed E-state index contributed by atoms with van der Waals surface area (Å²) in [4.78, 5) is 0. The van der Waals surface area contributed by atoms with Gasteiger partial charge in [0, 0.05) is 11.8 Å². The minimum atomic E-state index is 0.382. The molecule has 142 valence electrons. The van der Waals surface area contributed by atoms with Gasteiger partial charge in [-0.1, -0.05) is 97.1 Å². The molecule has 1 saturated carbocycles. The van der Waals surface area contributed by atoms with E-state index in [4.69, 9.17) is 0 Å². The molecule has 0 amide bonds. The second kappa shape index (κ2) is 5.32. The predicted molar refractivity (Wildman–Crippen MR) is 120 cm³/mol. The van der Waals surface area contributed by atoms with Gasteiger partial charge in [-0.3, -0.25) is 0 Å². The van der Waals surface area contributed by atoms with E-state index in [2.05, 4.69) is 97.1 Å². The molecule has 0 spiro atoms. The van der Waals surface area contributed by atoms with E-state index < -0.39 is 0 Å². The largest absolute Gasteiger partial charge is 0.0620 e. The number of rotatable bonds is 0. The Hall–Kier alpha value is -3.12. The fourth-order valence-electron chi connectivity index (χ4n) is 7.74. The quantitative estimate of drug-likeness (QED) is 0.306. The average Bonchev–Trinajstić information content (AvgIpc) is 2.84. The van der Waals surface area contributed by atoms with E-state index in [0.717, 1.165) is 0 Å². The molecule has 30 heavy (non-hydrogen) atoms. The van der Waals surface area contributed by atoms with Gasteiger partial charge in [-0.2, -0.15) is 0 Å². The Bertz CT molecular complexity index is 1130. The highest BCUT2D eigenvalue weighted by molar-refractivity contribution is 5.66. The van der Waals surface area contributed by atoms with Crippen molar-refractivity contribution in [3.63, 3.8) is 0 Å². The summed E-state index contributed by atoms with van der Waals surface area (Å²) in [7, 11) is 0. The van der Waals surface area contributed by atoms with Crippen molar-refractivity contribution in [2.45, 2.75) is 35.5 Å². The Morgan fingerprint density at radius 2 is 0.467 bits per heavy atom. The fourth-order valence-corrected chi connectivity index (χ4v) is 7.74. The Morgan fingerprint density at radius 1 is 0.267 bits per heavy atom. The monoisotopic (exact) mass is 382 g/mol. The minimum absolute atomic E-state index is 0.382. The Labute approximate surface area is 177 Å². The zero-order chi connectivity index (χ0) is 19.4. The van der Waals surface area contributed by atoms with Crippen molar-refractivity contribution in [3.8, 4) is 0 Å². The van der Waals surface area contributed by atoms with Crippen molar-refractivity contribution in [2.24, 2.45) is 0 Å². The third-order valence-corrected chi connectivity index (χ3v) is 8.64. The van der Waals surface area contributed by atoms with Gasteiger partial charge >= 0.3 is 0 Å². The van der Waals surface area contributed by atoms with Crippen molar-refractivity contribution in [3.05, 3.63) is 142 Å². The maximum atomic E-state index is 2.44. The van der Waals surface area contributed by atoms with Crippen molar-refractivity contribution in [2.75, 3.05) is 0 Å². The molecule has 1 fully saturated rings. The van der Waals surface area contributed by atoms with Crippen molar-refractivity contribution in [1.82, 2.24) is 0 Å². The molecule has 0 aromatic heterocycles. The van der Waals surface area contributed by atoms with Crippen LogP contribution in [0.5, 0.6) is 0 Å². The Kier molecular flexibility index (Phi) is 2.78. The molecule has 9 rings (SSSR count). The first-order chi connectivity index (χ1) is 14.9. The molecule has 0 radical (unpaired) electrons. The second-order valence-corrected chi connectivity index (χ2v) is 9.57. The van der Waals surface area contributed by atoms with Crippen LogP contribution in [-0.4, -0.2) is 0 Å². The lowest BCUT2D eigenvalue weighted by Crippen LogP contribution is -2.40. The van der Waals surface area contributed by atoms with Gasteiger partial charge in [0.25, 0.3) is 0 Å². The normalized spacial score (nSPS) is 30.7. The second-order valence-electron chi connectivity index (χ2n) is 9.57. The van der Waals surface area contributed by atoms with Crippen LogP contribution in [0.1, 0.15) is 80.0 Å². The topological polar surface area (TPSA) is 0 Å². The third kappa shape index (κ3) is 1.64. The van der Waals surface area contributed by atoms with E-state index in [1.807, 2.05) is 0 Å². The maximum Gasteiger partial charge on any atom is 0.0205 e. The number of hydrogen-bond donors (Lipinski definition) is 0. The summed E-state index contributed by atoms with van der Waals surface area (Å²) in [5, 5.41) is 0. The van der Waals surface area contributed by atoms with E-state index in [1.165, 1.54) is 0 Å². The van der Waals surface area contributed by atoms with Gasteiger partial charge in [-0.15, -0.1) is 0 Å². The van der Waals surface area contributed by atoms with Crippen molar-refractivity contribution in [1.29, 1.82) is 0 Å². The highest BCUT2D eigenvalue weighted by Gasteiger charge is 2.60. The summed E-state index contributed by atoms with van der Waals surface area (Å²) in [5.41, 5.74) is 12.7. The van der Waals surface area contributed by atoms with E-state index in [1.54, 1.807) is 44.5 Å². The summed E-state index contributed by atoms with van der Waals surface area (Å²) >= 11 is 0. The molecule has 0 heteroatoms. The van der Waals surface area contributed by atoms with Gasteiger partial charge in [-0.25, -0.2) is 0 Å². The van der Waals surface area contributed by atoms with Gasteiger partial charge in [-0.05, 0) is 68.2 Å². The average molecular weight is 383 g/mol. The van der Waals surface area contributed by atoms with Crippen LogP contribution in [0.3, 0.4) is 0 Å². The van der Waals surface area contributed by atoms with Crippen LogP contribution < -0.4 is 0 Å². The molecule has 0 N–H and O–H groups in total. The highest BCUT2D eigenvalue weighted by Crippen LogP contribution is 2.74. The third-order valence-electron chi connectivity index (χ3n) is 8.64. The maximum absolute atomic E-state index is 2.44. The van der Waals surface area contributed by atoms with Crippen molar-refractivity contribution >= 4 is 0 Å². The number of benzene rings is 4. The van der Waals surface area contributed by atoms with E-state index in [0.29, 0.717) is 35.5 Å². The van der Waals surface area contributed by atoms with Crippen LogP contribution >= 0.6 is 0 Å². The molecule has 4 aromatic rings. The molecule has 4 aromatic carbocycles. The standard InChI is InChI=1S/C30H22/c1-5-13-21-17(9-1)25-18-10-2-6-14-22(18)28-27(21)29-23-15-7-3-11-19(23)26(25)20-12-4-8-16-24(20)30(28)29/h1-16,25-30H. The van der Waals surface area contributed by atoms with E-state index >= 15 is 0 Å². The summed E-state index contributed by atoms with van der Waals surface area (Å²) in [6.07, 6.45) is 0. The molecule has 5 aliphatic carbocycles. The zero-order valence-corrected chi connectivity index (χ0v) is 16.7. The van der Waals surface area contributed by atoms with Crippen LogP contribution in [0.25, 0.3) is 0 Å². The zero-order valence-electron chi connectivity index (χ0n) is 16.7. The summed E-state index contributed by atoms with van der Waals surface area (Å²) in [6, 6.07) is 37.6. The molecule has 0 unspecified atom stereocenters. The van der Waals surface area contributed by atoms with Crippen LogP contribution in [0.2, 0.25) is 0 Å². The molecule has 0 heterocycles. The first-order valence-corrected chi connectivity index (χ1v) is 11.3. The summed E-state index contributed by atoms with van der Waals surface area (Å²) in [6.45, 7) is 0. The lowest BCUT2D eigenvalue weighted by Gasteiger charge is -2.53. The van der Waals surface area contributed by atoms with Crippen LogP contribution in [0, 0.1) is 0 Å². The van der Waals surface area contributed by atoms with Gasteiger partial charge in [0.15, 0.2) is 0 Å². The first kappa shape index (κ1) is 15.7. The lowest BCUT2D eigenvalue weighted by atomic mass is 9.49. The minimum Gasteiger partial charge on any atom is -0.0620 e. The molecule has 0 nitrogen and oxygen atoms in total. The SMILES string of the molecule is c1ccc2c(c1)C1c3ccccc3C3C2C2c4ccccc4C1c1ccccc1C32. The molecule has 0 atom stereocenters. The smallest absolute Gasteiger partial charge is 0.0205 e. The molecule has 0 saturated heterocycles.